The smallest absolute Gasteiger partial charge is 0.332 e. The van der Waals surface area contributed by atoms with Gasteiger partial charge in [0.05, 0.1) is 31.4 Å². The normalized spacial score (nSPS) is 12.1. The van der Waals surface area contributed by atoms with Gasteiger partial charge in [0.2, 0.25) is 0 Å². The van der Waals surface area contributed by atoms with Crippen LogP contribution in [-0.4, -0.2) is 47.7 Å². The van der Waals surface area contributed by atoms with Crippen molar-refractivity contribution in [3.8, 4) is 5.75 Å². The van der Waals surface area contributed by atoms with Crippen LogP contribution in [0.3, 0.4) is 0 Å². The van der Waals surface area contributed by atoms with Gasteiger partial charge in [-0.3, -0.25) is 14.7 Å². The molecule has 0 aliphatic carbocycles. The van der Waals surface area contributed by atoms with Crippen LogP contribution >= 0.6 is 7.60 Å². The predicted molar refractivity (Wildman–Crippen MR) is 157 cm³/mol. The van der Waals surface area contributed by atoms with E-state index in [9.17, 15) is 19.5 Å². The first-order valence-electron chi connectivity index (χ1n) is 13.2. The zero-order chi connectivity index (χ0) is 29.6. The van der Waals surface area contributed by atoms with Gasteiger partial charge in [-0.15, -0.1) is 0 Å². The SMILES string of the molecule is CCOP(=O)(CCCn1c2ccc(/C(=N\OC(C)=O)c3ccccc3OC)cc2c2cc([N+](=O)[O-])ccc21)OCC. The third-order valence-electron chi connectivity index (χ3n) is 6.43. The Kier molecular flexibility index (Phi) is 9.54. The molecular weight excluding hydrogens is 549 g/mol. The lowest BCUT2D eigenvalue weighted by atomic mass is 9.99. The van der Waals surface area contributed by atoms with E-state index in [0.717, 1.165) is 16.4 Å². The number of para-hydroxylation sites is 1. The van der Waals surface area contributed by atoms with Gasteiger partial charge in [0.25, 0.3) is 5.69 Å². The highest BCUT2D eigenvalue weighted by atomic mass is 31.2. The lowest BCUT2D eigenvalue weighted by Gasteiger charge is -2.17. The van der Waals surface area contributed by atoms with E-state index in [1.165, 1.54) is 26.2 Å². The number of benzene rings is 3. The maximum atomic E-state index is 13.0. The Hall–Kier alpha value is -4.05. The number of hydrogen-bond acceptors (Lipinski definition) is 9. The molecule has 12 heteroatoms. The van der Waals surface area contributed by atoms with Gasteiger partial charge in [0.15, 0.2) is 0 Å². The average Bonchev–Trinajstić information content (AvgIpc) is 3.25. The van der Waals surface area contributed by atoms with E-state index in [2.05, 4.69) is 5.16 Å². The van der Waals surface area contributed by atoms with E-state index < -0.39 is 18.5 Å². The molecule has 0 radical (unpaired) electrons. The van der Waals surface area contributed by atoms with Gasteiger partial charge in [-0.05, 0) is 50.6 Å². The summed E-state index contributed by atoms with van der Waals surface area (Å²) in [4.78, 5) is 27.9. The lowest BCUT2D eigenvalue weighted by molar-refractivity contribution is -0.384. The molecular formula is C29H32N3O8P. The van der Waals surface area contributed by atoms with Crippen molar-refractivity contribution in [2.24, 2.45) is 5.16 Å². The molecule has 0 aliphatic heterocycles. The summed E-state index contributed by atoms with van der Waals surface area (Å²) in [5.41, 5.74) is 3.14. The minimum Gasteiger partial charge on any atom is -0.496 e. The number of hydrogen-bond donors (Lipinski definition) is 0. The van der Waals surface area contributed by atoms with Crippen molar-refractivity contribution in [1.82, 2.24) is 4.57 Å². The Morgan fingerprint density at radius 3 is 2.29 bits per heavy atom. The minimum atomic E-state index is -3.23. The van der Waals surface area contributed by atoms with Crippen molar-refractivity contribution in [3.63, 3.8) is 0 Å². The summed E-state index contributed by atoms with van der Waals surface area (Å²) in [5, 5.41) is 17.2. The van der Waals surface area contributed by atoms with Gasteiger partial charge in [0, 0.05) is 58.5 Å². The second-order valence-electron chi connectivity index (χ2n) is 9.09. The van der Waals surface area contributed by atoms with E-state index in [4.69, 9.17) is 18.6 Å². The van der Waals surface area contributed by atoms with Crippen LogP contribution in [0.1, 0.15) is 38.3 Å². The lowest BCUT2D eigenvalue weighted by Crippen LogP contribution is -2.08. The Labute approximate surface area is 237 Å². The fraction of sp³-hybridized carbons (Fsp3) is 0.310. The van der Waals surface area contributed by atoms with E-state index >= 15 is 0 Å². The van der Waals surface area contributed by atoms with Crippen LogP contribution in [0.4, 0.5) is 5.69 Å². The number of aromatic nitrogens is 1. The number of nitro benzene ring substituents is 1. The number of non-ortho nitro benzene ring substituents is 1. The summed E-state index contributed by atoms with van der Waals surface area (Å²) >= 11 is 0. The second kappa shape index (κ2) is 13.1. The van der Waals surface area contributed by atoms with Crippen molar-refractivity contribution in [2.75, 3.05) is 26.5 Å². The van der Waals surface area contributed by atoms with Crippen LogP contribution in [0.15, 0.2) is 65.8 Å². The molecule has 3 aromatic carbocycles. The first kappa shape index (κ1) is 29.9. The van der Waals surface area contributed by atoms with Gasteiger partial charge in [-0.25, -0.2) is 4.79 Å². The van der Waals surface area contributed by atoms with Crippen molar-refractivity contribution in [1.29, 1.82) is 0 Å². The summed E-state index contributed by atoms with van der Waals surface area (Å²) in [5.74, 6) is -0.0494. The largest absolute Gasteiger partial charge is 0.496 e. The summed E-state index contributed by atoms with van der Waals surface area (Å²) in [7, 11) is -1.69. The predicted octanol–water partition coefficient (Wildman–Crippen LogP) is 6.68. The first-order chi connectivity index (χ1) is 19.7. The molecule has 0 atom stereocenters. The number of aryl methyl sites for hydroxylation is 1. The maximum Gasteiger partial charge on any atom is 0.332 e. The van der Waals surface area contributed by atoms with Crippen LogP contribution < -0.4 is 4.74 Å². The van der Waals surface area contributed by atoms with Crippen LogP contribution in [0, 0.1) is 10.1 Å². The van der Waals surface area contributed by atoms with Gasteiger partial charge in [0.1, 0.15) is 11.5 Å². The van der Waals surface area contributed by atoms with Gasteiger partial charge >= 0.3 is 13.6 Å². The van der Waals surface area contributed by atoms with Crippen LogP contribution in [0.2, 0.25) is 0 Å². The quantitative estimate of drug-likeness (QED) is 0.0561. The zero-order valence-electron chi connectivity index (χ0n) is 23.4. The summed E-state index contributed by atoms with van der Waals surface area (Å²) in [6, 6.07) is 17.5. The number of nitro groups is 1. The molecule has 0 fully saturated rings. The van der Waals surface area contributed by atoms with Gasteiger partial charge in [-0.1, -0.05) is 23.4 Å². The zero-order valence-corrected chi connectivity index (χ0v) is 24.3. The molecule has 0 aliphatic rings. The summed E-state index contributed by atoms with van der Waals surface area (Å²) in [6.45, 7) is 5.84. The van der Waals surface area contributed by atoms with Crippen LogP contribution in [0.5, 0.6) is 5.75 Å². The first-order valence-corrected chi connectivity index (χ1v) is 14.9. The van der Waals surface area contributed by atoms with Crippen molar-refractivity contribution >= 4 is 46.8 Å². The molecule has 216 valence electrons. The number of methoxy groups -OCH3 is 1. The van der Waals surface area contributed by atoms with Crippen molar-refractivity contribution in [2.45, 2.75) is 33.7 Å². The molecule has 1 heterocycles. The molecule has 0 amide bonds. The van der Waals surface area contributed by atoms with E-state index in [0.29, 0.717) is 40.9 Å². The Morgan fingerprint density at radius 2 is 1.66 bits per heavy atom. The molecule has 0 N–H and O–H groups in total. The monoisotopic (exact) mass is 581 g/mol. The maximum absolute atomic E-state index is 13.0. The molecule has 0 saturated carbocycles. The number of carbonyl (C=O) groups is 1. The molecule has 1 aromatic heterocycles. The fourth-order valence-electron chi connectivity index (χ4n) is 4.78. The number of rotatable bonds is 13. The Balaban J connectivity index is 1.85. The number of nitrogens with zero attached hydrogens (tertiary/aromatic N) is 3. The molecule has 4 aromatic rings. The third kappa shape index (κ3) is 6.65. The Morgan fingerprint density at radius 1 is 1.00 bits per heavy atom. The van der Waals surface area contributed by atoms with Crippen molar-refractivity contribution < 1.29 is 32.9 Å². The summed E-state index contributed by atoms with van der Waals surface area (Å²) < 4.78 is 31.4. The number of fused-ring (bicyclic) bond motifs is 3. The minimum absolute atomic E-state index is 0.0438. The molecule has 0 saturated heterocycles. The molecule has 0 bridgehead atoms. The fourth-order valence-corrected chi connectivity index (χ4v) is 6.43. The Bertz CT molecular complexity index is 1650. The average molecular weight is 582 g/mol. The highest BCUT2D eigenvalue weighted by molar-refractivity contribution is 7.53. The van der Waals surface area contributed by atoms with E-state index in [1.807, 2.05) is 34.9 Å². The highest BCUT2D eigenvalue weighted by Gasteiger charge is 2.24. The van der Waals surface area contributed by atoms with E-state index in [1.54, 1.807) is 32.0 Å². The molecule has 0 unspecified atom stereocenters. The summed E-state index contributed by atoms with van der Waals surface area (Å²) in [6.07, 6.45) is 0.725. The van der Waals surface area contributed by atoms with E-state index in [-0.39, 0.29) is 25.1 Å². The molecule has 0 spiro atoms. The van der Waals surface area contributed by atoms with Gasteiger partial charge < -0.3 is 23.2 Å². The van der Waals surface area contributed by atoms with Gasteiger partial charge in [-0.2, -0.15) is 0 Å². The second-order valence-corrected chi connectivity index (χ2v) is 11.3. The molecule has 11 nitrogen and oxygen atoms in total. The highest BCUT2D eigenvalue weighted by Crippen LogP contribution is 2.48. The van der Waals surface area contributed by atoms with Crippen LogP contribution in [-0.2, 0) is 29.8 Å². The molecule has 41 heavy (non-hydrogen) atoms. The van der Waals surface area contributed by atoms with Crippen LogP contribution in [0.25, 0.3) is 21.8 Å². The third-order valence-corrected chi connectivity index (χ3v) is 8.59. The number of carbonyl (C=O) groups excluding carboxylic acids is 1. The molecule has 4 rings (SSSR count). The van der Waals surface area contributed by atoms with Crippen molar-refractivity contribution in [3.05, 3.63) is 81.9 Å². The standard InChI is InChI=1S/C29H32N3O8P/c1-5-38-41(36,39-6-2)17-9-16-31-26-14-12-21(18-24(26)25-19-22(32(34)35)13-15-27(25)31)29(30-40-20(3)33)23-10-7-8-11-28(23)37-4/h7-8,10-15,18-19H,5-6,9,16-17H2,1-4H3/b30-29+. The number of oxime groups is 1. The number of ether oxygens (including phenoxy) is 1. The topological polar surface area (TPSA) is 131 Å².